The van der Waals surface area contributed by atoms with E-state index in [1.165, 1.54) is 12.1 Å². The van der Waals surface area contributed by atoms with E-state index in [9.17, 15) is 10.1 Å². The lowest BCUT2D eigenvalue weighted by molar-refractivity contribution is -0.384. The molecule has 2 rings (SSSR count). The predicted molar refractivity (Wildman–Crippen MR) is 82.5 cm³/mol. The van der Waals surface area contributed by atoms with Crippen molar-refractivity contribution in [2.45, 2.75) is 13.0 Å². The molecule has 110 valence electrons. The van der Waals surface area contributed by atoms with Crippen molar-refractivity contribution in [1.29, 1.82) is 0 Å². The zero-order valence-electron chi connectivity index (χ0n) is 11.9. The zero-order chi connectivity index (χ0) is 15.4. The van der Waals surface area contributed by atoms with Crippen molar-refractivity contribution in [3.05, 3.63) is 58.1 Å². The Morgan fingerprint density at radius 2 is 1.90 bits per heavy atom. The van der Waals surface area contributed by atoms with Gasteiger partial charge in [-0.05, 0) is 30.7 Å². The molecule has 0 aromatic heterocycles. The van der Waals surface area contributed by atoms with Crippen LogP contribution < -0.4 is 15.8 Å². The number of nitrogens with zero attached hydrogens (tertiary/aromatic N) is 1. The van der Waals surface area contributed by atoms with Gasteiger partial charge >= 0.3 is 0 Å². The number of rotatable bonds is 5. The van der Waals surface area contributed by atoms with E-state index in [0.29, 0.717) is 11.4 Å². The van der Waals surface area contributed by atoms with Crippen LogP contribution in [-0.4, -0.2) is 12.0 Å². The quantitative estimate of drug-likeness (QED) is 0.500. The lowest BCUT2D eigenvalue weighted by atomic mass is 10.1. The predicted octanol–water partition coefficient (Wildman–Crippen LogP) is 3.36. The SMILES string of the molecule is COc1ccc(C(C)Nc2ccc([N+](=O)[O-])cc2N)cc1. The summed E-state index contributed by atoms with van der Waals surface area (Å²) < 4.78 is 5.12. The summed E-state index contributed by atoms with van der Waals surface area (Å²) in [4.78, 5) is 10.2. The van der Waals surface area contributed by atoms with Gasteiger partial charge in [-0.2, -0.15) is 0 Å². The van der Waals surface area contributed by atoms with E-state index in [1.54, 1.807) is 13.2 Å². The minimum atomic E-state index is -0.465. The fourth-order valence-electron chi connectivity index (χ4n) is 2.00. The Bertz CT molecular complexity index is 641. The summed E-state index contributed by atoms with van der Waals surface area (Å²) in [7, 11) is 1.62. The molecule has 2 aromatic rings. The van der Waals surface area contributed by atoms with Gasteiger partial charge in [0.1, 0.15) is 5.75 Å². The maximum atomic E-state index is 10.7. The third kappa shape index (κ3) is 3.42. The average molecular weight is 287 g/mol. The molecule has 1 atom stereocenters. The largest absolute Gasteiger partial charge is 0.497 e. The Balaban J connectivity index is 2.14. The molecule has 0 bridgehead atoms. The molecule has 0 aliphatic heterocycles. The smallest absolute Gasteiger partial charge is 0.271 e. The van der Waals surface area contributed by atoms with E-state index < -0.39 is 4.92 Å². The number of benzene rings is 2. The van der Waals surface area contributed by atoms with Gasteiger partial charge in [-0.25, -0.2) is 0 Å². The van der Waals surface area contributed by atoms with Crippen molar-refractivity contribution >= 4 is 17.1 Å². The summed E-state index contributed by atoms with van der Waals surface area (Å²) in [5.74, 6) is 0.792. The fraction of sp³-hybridized carbons (Fsp3) is 0.200. The van der Waals surface area contributed by atoms with E-state index in [-0.39, 0.29) is 11.7 Å². The van der Waals surface area contributed by atoms with Gasteiger partial charge in [0.2, 0.25) is 0 Å². The van der Waals surface area contributed by atoms with Crippen LogP contribution in [0.1, 0.15) is 18.5 Å². The number of nitrogens with one attached hydrogen (secondary N) is 1. The molecule has 6 heteroatoms. The van der Waals surface area contributed by atoms with Crippen LogP contribution in [0.25, 0.3) is 0 Å². The maximum absolute atomic E-state index is 10.7. The topological polar surface area (TPSA) is 90.4 Å². The number of methoxy groups -OCH3 is 1. The highest BCUT2D eigenvalue weighted by atomic mass is 16.6. The second-order valence-corrected chi connectivity index (χ2v) is 4.67. The third-order valence-electron chi connectivity index (χ3n) is 3.23. The number of nitro benzene ring substituents is 1. The van der Waals surface area contributed by atoms with Crippen molar-refractivity contribution in [1.82, 2.24) is 0 Å². The molecule has 0 aliphatic carbocycles. The van der Waals surface area contributed by atoms with E-state index in [4.69, 9.17) is 10.5 Å². The van der Waals surface area contributed by atoms with Crippen LogP contribution in [0.4, 0.5) is 17.1 Å². The molecular formula is C15H17N3O3. The molecule has 0 fully saturated rings. The summed E-state index contributed by atoms with van der Waals surface area (Å²) in [6.45, 7) is 1.99. The van der Waals surface area contributed by atoms with Gasteiger partial charge in [0, 0.05) is 18.2 Å². The minimum absolute atomic E-state index is 0.0136. The molecule has 0 amide bonds. The Labute approximate surface area is 122 Å². The molecule has 0 radical (unpaired) electrons. The van der Waals surface area contributed by atoms with Gasteiger partial charge in [0.25, 0.3) is 5.69 Å². The van der Waals surface area contributed by atoms with Crippen molar-refractivity contribution in [3.8, 4) is 5.75 Å². The number of nitrogen functional groups attached to an aromatic ring is 1. The van der Waals surface area contributed by atoms with Crippen LogP contribution >= 0.6 is 0 Å². The molecule has 21 heavy (non-hydrogen) atoms. The Morgan fingerprint density at radius 1 is 1.24 bits per heavy atom. The van der Waals surface area contributed by atoms with E-state index in [0.717, 1.165) is 11.3 Å². The first kappa shape index (κ1) is 14.6. The van der Waals surface area contributed by atoms with Crippen LogP contribution in [-0.2, 0) is 0 Å². The monoisotopic (exact) mass is 287 g/mol. The van der Waals surface area contributed by atoms with E-state index in [1.807, 2.05) is 31.2 Å². The molecule has 0 saturated heterocycles. The summed E-state index contributed by atoms with van der Waals surface area (Å²) in [5, 5.41) is 13.9. The molecule has 0 heterocycles. The van der Waals surface area contributed by atoms with Crippen molar-refractivity contribution in [2.75, 3.05) is 18.2 Å². The van der Waals surface area contributed by atoms with Crippen molar-refractivity contribution in [2.24, 2.45) is 0 Å². The summed E-state index contributed by atoms with van der Waals surface area (Å²) in [5.41, 5.74) is 7.91. The lowest BCUT2D eigenvalue weighted by Crippen LogP contribution is -2.08. The zero-order valence-corrected chi connectivity index (χ0v) is 11.9. The minimum Gasteiger partial charge on any atom is -0.497 e. The average Bonchev–Trinajstić information content (AvgIpc) is 2.49. The lowest BCUT2D eigenvalue weighted by Gasteiger charge is -2.17. The Morgan fingerprint density at radius 3 is 2.43 bits per heavy atom. The van der Waals surface area contributed by atoms with Gasteiger partial charge in [-0.3, -0.25) is 10.1 Å². The third-order valence-corrected chi connectivity index (χ3v) is 3.23. The van der Waals surface area contributed by atoms with Crippen molar-refractivity contribution in [3.63, 3.8) is 0 Å². The molecule has 0 spiro atoms. The van der Waals surface area contributed by atoms with E-state index >= 15 is 0 Å². The first-order valence-corrected chi connectivity index (χ1v) is 6.45. The normalized spacial score (nSPS) is 11.7. The van der Waals surface area contributed by atoms with E-state index in [2.05, 4.69) is 5.32 Å². The second kappa shape index (κ2) is 6.13. The molecule has 0 aliphatic rings. The molecule has 2 aromatic carbocycles. The molecule has 6 nitrogen and oxygen atoms in total. The molecule has 0 saturated carbocycles. The molecular weight excluding hydrogens is 270 g/mol. The summed E-state index contributed by atoms with van der Waals surface area (Å²) >= 11 is 0. The number of nitro groups is 1. The van der Waals surface area contributed by atoms with Crippen LogP contribution in [0.3, 0.4) is 0 Å². The highest BCUT2D eigenvalue weighted by molar-refractivity contribution is 5.69. The van der Waals surface area contributed by atoms with Crippen molar-refractivity contribution < 1.29 is 9.66 Å². The summed E-state index contributed by atoms with van der Waals surface area (Å²) in [6, 6.07) is 12.1. The van der Waals surface area contributed by atoms with Gasteiger partial charge in [-0.1, -0.05) is 12.1 Å². The van der Waals surface area contributed by atoms with Gasteiger partial charge < -0.3 is 15.8 Å². The summed E-state index contributed by atoms with van der Waals surface area (Å²) in [6.07, 6.45) is 0. The number of hydrogen-bond donors (Lipinski definition) is 2. The maximum Gasteiger partial charge on any atom is 0.271 e. The molecule has 1 unspecified atom stereocenters. The standard InChI is InChI=1S/C15H17N3O3/c1-10(11-3-6-13(21-2)7-4-11)17-15-8-5-12(18(19)20)9-14(15)16/h3-10,17H,16H2,1-2H3. The van der Waals surface area contributed by atoms with Crippen LogP contribution in [0.15, 0.2) is 42.5 Å². The Hall–Kier alpha value is -2.76. The highest BCUT2D eigenvalue weighted by Crippen LogP contribution is 2.28. The first-order chi connectivity index (χ1) is 10.0. The highest BCUT2D eigenvalue weighted by Gasteiger charge is 2.11. The number of nitrogens with two attached hydrogens (primary N) is 1. The molecule has 3 N–H and O–H groups in total. The number of non-ortho nitro benzene ring substituents is 1. The fourth-order valence-corrected chi connectivity index (χ4v) is 2.00. The Kier molecular flexibility index (Phi) is 4.27. The van der Waals surface area contributed by atoms with Crippen LogP contribution in [0.5, 0.6) is 5.75 Å². The second-order valence-electron chi connectivity index (χ2n) is 4.67. The van der Waals surface area contributed by atoms with Crippen LogP contribution in [0, 0.1) is 10.1 Å². The van der Waals surface area contributed by atoms with Gasteiger partial charge in [0.15, 0.2) is 0 Å². The van der Waals surface area contributed by atoms with Gasteiger partial charge in [0.05, 0.1) is 23.4 Å². The van der Waals surface area contributed by atoms with Crippen LogP contribution in [0.2, 0.25) is 0 Å². The number of anilines is 2. The number of ether oxygens (including phenoxy) is 1. The van der Waals surface area contributed by atoms with Gasteiger partial charge in [-0.15, -0.1) is 0 Å². The number of hydrogen-bond acceptors (Lipinski definition) is 5. The first-order valence-electron chi connectivity index (χ1n) is 6.45.